The van der Waals surface area contributed by atoms with Gasteiger partial charge in [0.05, 0.1) is 12.8 Å². The van der Waals surface area contributed by atoms with Gasteiger partial charge in [-0.3, -0.25) is 14.5 Å². The maximum Gasteiger partial charge on any atom is 0.325 e. The van der Waals surface area contributed by atoms with E-state index in [0.29, 0.717) is 22.6 Å². The summed E-state index contributed by atoms with van der Waals surface area (Å²) in [5.74, 6) is -0.748. The fourth-order valence-corrected chi connectivity index (χ4v) is 4.15. The van der Waals surface area contributed by atoms with Crippen LogP contribution in [0.1, 0.15) is 23.6 Å². The van der Waals surface area contributed by atoms with Crippen molar-refractivity contribution in [2.24, 2.45) is 0 Å². The number of hydrogen-bond acceptors (Lipinski definition) is 5. The Morgan fingerprint density at radius 1 is 1.03 bits per heavy atom. The average Bonchev–Trinajstić information content (AvgIpc) is 3.12. The SMILES string of the molecule is CCc1ccc(N2C(=O)/C(=C/c3ccccc3OCc3cccc(F)c3)N(CC(=O)OC)C2=S)cc1. The number of nitrogens with zero attached hydrogens (tertiary/aromatic N) is 2. The van der Waals surface area contributed by atoms with Crippen LogP contribution in [0.5, 0.6) is 5.75 Å². The van der Waals surface area contributed by atoms with Crippen molar-refractivity contribution in [1.82, 2.24) is 4.90 Å². The molecule has 4 rings (SSSR count). The van der Waals surface area contributed by atoms with Crippen LogP contribution in [0.15, 0.2) is 78.5 Å². The van der Waals surface area contributed by atoms with Crippen LogP contribution in [0.3, 0.4) is 0 Å². The molecule has 0 N–H and O–H groups in total. The average molecular weight is 505 g/mol. The van der Waals surface area contributed by atoms with Crippen LogP contribution in [0.2, 0.25) is 0 Å². The number of amides is 1. The summed E-state index contributed by atoms with van der Waals surface area (Å²) in [7, 11) is 1.28. The quantitative estimate of drug-likeness (QED) is 0.241. The first-order valence-corrected chi connectivity index (χ1v) is 11.8. The number of carbonyl (C=O) groups excluding carboxylic acids is 2. The lowest BCUT2D eigenvalue weighted by atomic mass is 10.1. The zero-order chi connectivity index (χ0) is 25.7. The van der Waals surface area contributed by atoms with E-state index in [2.05, 4.69) is 0 Å². The van der Waals surface area contributed by atoms with Crippen molar-refractivity contribution in [3.63, 3.8) is 0 Å². The highest BCUT2D eigenvalue weighted by atomic mass is 32.1. The van der Waals surface area contributed by atoms with Crippen LogP contribution in [0, 0.1) is 5.82 Å². The monoisotopic (exact) mass is 504 g/mol. The van der Waals surface area contributed by atoms with Gasteiger partial charge in [-0.25, -0.2) is 4.39 Å². The van der Waals surface area contributed by atoms with Crippen molar-refractivity contribution in [2.75, 3.05) is 18.6 Å². The van der Waals surface area contributed by atoms with Gasteiger partial charge in [0.15, 0.2) is 5.11 Å². The fourth-order valence-electron chi connectivity index (χ4n) is 3.80. The topological polar surface area (TPSA) is 59.1 Å². The molecule has 1 aliphatic rings. The van der Waals surface area contributed by atoms with Crippen molar-refractivity contribution in [2.45, 2.75) is 20.0 Å². The maximum absolute atomic E-state index is 13.6. The molecule has 1 aliphatic heterocycles. The lowest BCUT2D eigenvalue weighted by Gasteiger charge is -2.19. The first kappa shape index (κ1) is 25.1. The van der Waals surface area contributed by atoms with Crippen LogP contribution < -0.4 is 9.64 Å². The van der Waals surface area contributed by atoms with E-state index in [0.717, 1.165) is 12.0 Å². The number of ether oxygens (including phenoxy) is 2. The van der Waals surface area contributed by atoms with Crippen molar-refractivity contribution in [1.29, 1.82) is 0 Å². The normalized spacial score (nSPS) is 14.5. The van der Waals surface area contributed by atoms with E-state index in [9.17, 15) is 14.0 Å². The molecule has 6 nitrogen and oxygen atoms in total. The third-order valence-electron chi connectivity index (χ3n) is 5.75. The second-order valence-electron chi connectivity index (χ2n) is 8.09. The molecule has 1 saturated heterocycles. The van der Waals surface area contributed by atoms with Gasteiger partial charge in [-0.2, -0.15) is 0 Å². The van der Waals surface area contributed by atoms with Crippen LogP contribution >= 0.6 is 12.2 Å². The molecule has 36 heavy (non-hydrogen) atoms. The number of thiocarbonyl (C=S) groups is 1. The highest BCUT2D eigenvalue weighted by Gasteiger charge is 2.40. The summed E-state index contributed by atoms with van der Waals surface area (Å²) in [5.41, 5.74) is 3.23. The molecule has 3 aromatic rings. The third-order valence-corrected chi connectivity index (χ3v) is 6.15. The van der Waals surface area contributed by atoms with E-state index < -0.39 is 5.97 Å². The number of halogens is 1. The number of hydrogen-bond donors (Lipinski definition) is 0. The largest absolute Gasteiger partial charge is 0.488 e. The summed E-state index contributed by atoms with van der Waals surface area (Å²) in [6.45, 7) is 1.97. The molecule has 0 bridgehead atoms. The summed E-state index contributed by atoms with van der Waals surface area (Å²) in [4.78, 5) is 28.6. The first-order valence-electron chi connectivity index (χ1n) is 11.4. The summed E-state index contributed by atoms with van der Waals surface area (Å²) in [6, 6.07) is 20.9. The number of rotatable bonds is 8. The van der Waals surface area contributed by atoms with Crippen LogP contribution in [0.25, 0.3) is 6.08 Å². The molecular weight excluding hydrogens is 479 g/mol. The Morgan fingerprint density at radius 2 is 1.78 bits per heavy atom. The Morgan fingerprint density at radius 3 is 2.47 bits per heavy atom. The summed E-state index contributed by atoms with van der Waals surface area (Å²) in [5, 5.41) is 0.180. The van der Waals surface area contributed by atoms with E-state index >= 15 is 0 Å². The molecular formula is C28H25FN2O4S. The Kier molecular flexibility index (Phi) is 7.75. The Balaban J connectivity index is 1.68. The van der Waals surface area contributed by atoms with E-state index in [1.807, 2.05) is 37.3 Å². The predicted molar refractivity (Wildman–Crippen MR) is 140 cm³/mol. The van der Waals surface area contributed by atoms with Crippen molar-refractivity contribution >= 4 is 41.0 Å². The van der Waals surface area contributed by atoms with E-state index in [1.54, 1.807) is 36.4 Å². The minimum atomic E-state index is -0.533. The number of methoxy groups -OCH3 is 1. The molecule has 0 saturated carbocycles. The van der Waals surface area contributed by atoms with Crippen molar-refractivity contribution in [3.05, 3.63) is 101 Å². The standard InChI is InChI=1S/C28H25FN2O4S/c1-3-19-11-13-23(14-12-19)31-27(33)24(30(28(31)36)17-26(32)34-2)16-21-8-4-5-10-25(21)35-18-20-7-6-9-22(29)15-20/h4-16H,3,17-18H2,1-2H3/b24-16-. The smallest absolute Gasteiger partial charge is 0.325 e. The lowest BCUT2D eigenvalue weighted by Crippen LogP contribution is -2.35. The fraction of sp³-hybridized carbons (Fsp3) is 0.179. The summed E-state index contributed by atoms with van der Waals surface area (Å²) in [6.07, 6.45) is 2.50. The third kappa shape index (κ3) is 5.44. The highest BCUT2D eigenvalue weighted by molar-refractivity contribution is 7.80. The van der Waals surface area contributed by atoms with Gasteiger partial charge in [-0.15, -0.1) is 0 Å². The zero-order valence-corrected chi connectivity index (χ0v) is 20.8. The van der Waals surface area contributed by atoms with E-state index in [4.69, 9.17) is 21.7 Å². The number of para-hydroxylation sites is 1. The van der Waals surface area contributed by atoms with Crippen LogP contribution in [-0.4, -0.2) is 35.5 Å². The van der Waals surface area contributed by atoms with Gasteiger partial charge < -0.3 is 14.4 Å². The molecule has 3 aromatic carbocycles. The molecule has 1 amide bonds. The Hall–Kier alpha value is -4.04. The van der Waals surface area contributed by atoms with E-state index in [-0.39, 0.29) is 35.7 Å². The van der Waals surface area contributed by atoms with Gasteiger partial charge in [-0.1, -0.05) is 49.4 Å². The van der Waals surface area contributed by atoms with Gasteiger partial charge in [-0.05, 0) is 66.2 Å². The summed E-state index contributed by atoms with van der Waals surface area (Å²) < 4.78 is 24.3. The zero-order valence-electron chi connectivity index (χ0n) is 19.9. The first-order chi connectivity index (χ1) is 17.4. The van der Waals surface area contributed by atoms with Gasteiger partial charge >= 0.3 is 5.97 Å². The van der Waals surface area contributed by atoms with Crippen molar-refractivity contribution < 1.29 is 23.5 Å². The predicted octanol–water partition coefficient (Wildman–Crippen LogP) is 5.11. The minimum absolute atomic E-state index is 0.145. The molecule has 1 fully saturated rings. The van der Waals surface area contributed by atoms with Crippen molar-refractivity contribution in [3.8, 4) is 5.75 Å². The lowest BCUT2D eigenvalue weighted by molar-refractivity contribution is -0.140. The number of esters is 1. The summed E-state index contributed by atoms with van der Waals surface area (Å²) >= 11 is 5.62. The highest BCUT2D eigenvalue weighted by Crippen LogP contribution is 2.31. The molecule has 8 heteroatoms. The maximum atomic E-state index is 13.6. The number of anilines is 1. The minimum Gasteiger partial charge on any atom is -0.488 e. The molecule has 0 spiro atoms. The number of carbonyl (C=O) groups is 2. The second kappa shape index (κ2) is 11.1. The molecule has 0 radical (unpaired) electrons. The van der Waals surface area contributed by atoms with E-state index in [1.165, 1.54) is 29.0 Å². The van der Waals surface area contributed by atoms with Gasteiger partial charge in [0.2, 0.25) is 0 Å². The van der Waals surface area contributed by atoms with Crippen LogP contribution in [0.4, 0.5) is 10.1 Å². The van der Waals surface area contributed by atoms with Gasteiger partial charge in [0.25, 0.3) is 5.91 Å². The number of aryl methyl sites for hydroxylation is 1. The molecule has 0 atom stereocenters. The molecule has 0 unspecified atom stereocenters. The Labute approximate surface area is 214 Å². The molecule has 0 aromatic heterocycles. The van der Waals surface area contributed by atoms with Gasteiger partial charge in [0.1, 0.15) is 30.4 Å². The second-order valence-corrected chi connectivity index (χ2v) is 8.46. The molecule has 1 heterocycles. The molecule has 0 aliphatic carbocycles. The number of benzene rings is 3. The molecule has 184 valence electrons. The van der Waals surface area contributed by atoms with Crippen LogP contribution in [-0.2, 0) is 27.4 Å². The Bertz CT molecular complexity index is 1320. The van der Waals surface area contributed by atoms with Gasteiger partial charge in [0, 0.05) is 5.56 Å².